The zero-order valence-corrected chi connectivity index (χ0v) is 17.6. The van der Waals surface area contributed by atoms with E-state index in [0.717, 1.165) is 5.56 Å². The smallest absolute Gasteiger partial charge is 0.270 e. The third kappa shape index (κ3) is 4.24. The average Bonchev–Trinajstić information content (AvgIpc) is 2.66. The Labute approximate surface area is 183 Å². The summed E-state index contributed by atoms with van der Waals surface area (Å²) in [5.74, 6) is 0.00763. The lowest BCUT2D eigenvalue weighted by molar-refractivity contribution is -0.141. The van der Waals surface area contributed by atoms with E-state index in [2.05, 4.69) is 15.6 Å². The van der Waals surface area contributed by atoms with Gasteiger partial charge < -0.3 is 20.5 Å². The average molecular weight is 450 g/mol. The van der Waals surface area contributed by atoms with E-state index in [1.807, 2.05) is 0 Å². The number of aliphatic hydroxyl groups excluding tert-OH is 1. The molecule has 3 aliphatic rings. The number of aliphatic hydroxyl groups is 1. The van der Waals surface area contributed by atoms with Gasteiger partial charge in [0.2, 0.25) is 0 Å². The molecule has 158 valence electrons. The lowest BCUT2D eigenvalue weighted by Gasteiger charge is -2.70. The largest absolute Gasteiger partial charge is 0.484 e. The molecule has 1 heterocycles. The van der Waals surface area contributed by atoms with Gasteiger partial charge in [-0.15, -0.1) is 0 Å². The molecule has 2 bridgehead atoms. The van der Waals surface area contributed by atoms with Crippen LogP contribution in [0.2, 0.25) is 10.0 Å². The van der Waals surface area contributed by atoms with Gasteiger partial charge in [0.15, 0.2) is 6.61 Å². The molecule has 0 saturated heterocycles. The molecule has 2 aromatic rings. The number of hydrogen-bond donors (Lipinski definition) is 3. The first-order chi connectivity index (χ1) is 14.3. The van der Waals surface area contributed by atoms with E-state index in [0.29, 0.717) is 47.2 Å². The summed E-state index contributed by atoms with van der Waals surface area (Å²) in [5.41, 5.74) is 0.626. The highest BCUT2D eigenvalue weighted by atomic mass is 35.5. The topological polar surface area (TPSA) is 101 Å². The molecule has 9 heteroatoms. The number of carbonyl (C=O) groups excluding carboxylic acids is 2. The normalized spacial score (nSPS) is 23.7. The fraction of sp³-hybridized carbons (Fsp3) is 0.381. The highest BCUT2D eigenvalue weighted by molar-refractivity contribution is 6.42. The maximum Gasteiger partial charge on any atom is 0.270 e. The number of rotatable bonds is 8. The molecule has 0 radical (unpaired) electrons. The third-order valence-corrected chi connectivity index (χ3v) is 6.27. The van der Waals surface area contributed by atoms with Crippen molar-refractivity contribution < 1.29 is 19.4 Å². The first-order valence-electron chi connectivity index (χ1n) is 9.59. The quantitative estimate of drug-likeness (QED) is 0.574. The fourth-order valence-corrected chi connectivity index (χ4v) is 4.58. The molecular weight excluding hydrogens is 429 g/mol. The fourth-order valence-electron chi connectivity index (χ4n) is 4.29. The number of ether oxygens (including phenoxy) is 1. The van der Waals surface area contributed by atoms with E-state index in [-0.39, 0.29) is 36.1 Å². The number of amides is 2. The molecule has 0 spiro atoms. The maximum absolute atomic E-state index is 12.5. The van der Waals surface area contributed by atoms with E-state index in [1.165, 1.54) is 0 Å². The summed E-state index contributed by atoms with van der Waals surface area (Å²) in [6, 6.07) is 8.29. The van der Waals surface area contributed by atoms with Gasteiger partial charge in [-0.1, -0.05) is 23.2 Å². The summed E-state index contributed by atoms with van der Waals surface area (Å²) < 4.78 is 5.46. The summed E-state index contributed by atoms with van der Waals surface area (Å²) in [4.78, 5) is 28.9. The molecule has 3 saturated carbocycles. The number of carbonyl (C=O) groups is 2. The van der Waals surface area contributed by atoms with Crippen LogP contribution in [0.4, 0.5) is 0 Å². The standard InChI is InChI=1S/C21H21Cl2N3O4/c22-15-2-1-14(8-16(15)23)30-9-18(28)25-20-10-21(11-20,12-20)26-19(29)17-7-13(4-6-27)3-5-24-17/h1-3,5,7-8,27H,4,6,9-12H2,(H,25,28)(H,26,29). The first-order valence-corrected chi connectivity index (χ1v) is 10.3. The molecule has 0 atom stereocenters. The van der Waals surface area contributed by atoms with Crippen LogP contribution in [0, 0.1) is 0 Å². The highest BCUT2D eigenvalue weighted by Gasteiger charge is 2.69. The van der Waals surface area contributed by atoms with E-state index in [1.54, 1.807) is 36.5 Å². The van der Waals surface area contributed by atoms with E-state index in [9.17, 15) is 9.59 Å². The third-order valence-electron chi connectivity index (χ3n) is 5.53. The molecule has 0 aliphatic heterocycles. The summed E-state index contributed by atoms with van der Waals surface area (Å²) in [6.07, 6.45) is 4.09. The van der Waals surface area contributed by atoms with E-state index < -0.39 is 0 Å². The minimum absolute atomic E-state index is 0.0198. The Bertz CT molecular complexity index is 978. The second-order valence-corrected chi connectivity index (χ2v) is 8.80. The Hall–Kier alpha value is -2.35. The summed E-state index contributed by atoms with van der Waals surface area (Å²) >= 11 is 11.8. The van der Waals surface area contributed by atoms with Gasteiger partial charge in [0.05, 0.1) is 10.0 Å². The number of halogens is 2. The van der Waals surface area contributed by atoms with Crippen molar-refractivity contribution in [2.24, 2.45) is 0 Å². The Morgan fingerprint density at radius 3 is 2.50 bits per heavy atom. The monoisotopic (exact) mass is 449 g/mol. The molecule has 7 nitrogen and oxygen atoms in total. The molecule has 3 aliphatic carbocycles. The van der Waals surface area contributed by atoms with Crippen LogP contribution in [0.5, 0.6) is 5.75 Å². The number of benzene rings is 1. The molecule has 1 aromatic carbocycles. The van der Waals surface area contributed by atoms with Crippen molar-refractivity contribution in [3.8, 4) is 5.75 Å². The van der Waals surface area contributed by atoms with Gasteiger partial charge in [-0.05, 0) is 55.5 Å². The van der Waals surface area contributed by atoms with Gasteiger partial charge in [0.1, 0.15) is 11.4 Å². The van der Waals surface area contributed by atoms with Crippen molar-refractivity contribution >= 4 is 35.0 Å². The van der Waals surface area contributed by atoms with Gasteiger partial charge in [-0.3, -0.25) is 14.6 Å². The molecule has 1 aromatic heterocycles. The number of nitrogens with zero attached hydrogens (tertiary/aromatic N) is 1. The number of aromatic nitrogens is 1. The van der Waals surface area contributed by atoms with Crippen LogP contribution in [0.15, 0.2) is 36.5 Å². The maximum atomic E-state index is 12.5. The Kier molecular flexibility index (Phi) is 5.61. The van der Waals surface area contributed by atoms with Crippen LogP contribution in [-0.4, -0.2) is 46.2 Å². The second-order valence-electron chi connectivity index (χ2n) is 7.98. The van der Waals surface area contributed by atoms with Crippen molar-refractivity contribution in [1.82, 2.24) is 15.6 Å². The molecule has 5 rings (SSSR count). The van der Waals surface area contributed by atoms with Gasteiger partial charge in [-0.25, -0.2) is 0 Å². The van der Waals surface area contributed by atoms with Crippen molar-refractivity contribution in [1.29, 1.82) is 0 Å². The van der Waals surface area contributed by atoms with Gasteiger partial charge >= 0.3 is 0 Å². The van der Waals surface area contributed by atoms with Crippen LogP contribution in [0.3, 0.4) is 0 Å². The molecule has 3 N–H and O–H groups in total. The highest BCUT2D eigenvalue weighted by Crippen LogP contribution is 2.60. The Balaban J connectivity index is 1.24. The lowest BCUT2D eigenvalue weighted by atomic mass is 9.44. The summed E-state index contributed by atoms with van der Waals surface area (Å²) in [7, 11) is 0. The predicted octanol–water partition coefficient (Wildman–Crippen LogP) is 2.52. The van der Waals surface area contributed by atoms with Crippen LogP contribution in [0.25, 0.3) is 0 Å². The predicted molar refractivity (Wildman–Crippen MR) is 112 cm³/mol. The second kappa shape index (κ2) is 8.06. The molecule has 2 amide bonds. The SMILES string of the molecule is O=C(COc1ccc(Cl)c(Cl)c1)NC12CC(NC(=O)c3cc(CCO)ccn3)(C1)C2. The molecule has 3 fully saturated rings. The first kappa shape index (κ1) is 20.9. The minimum atomic E-state index is -0.288. The van der Waals surface area contributed by atoms with Crippen LogP contribution >= 0.6 is 23.2 Å². The molecule has 30 heavy (non-hydrogen) atoms. The van der Waals surface area contributed by atoms with Crippen LogP contribution < -0.4 is 15.4 Å². The van der Waals surface area contributed by atoms with Crippen molar-refractivity contribution in [2.45, 2.75) is 36.8 Å². The lowest BCUT2D eigenvalue weighted by Crippen LogP contribution is -2.84. The van der Waals surface area contributed by atoms with Crippen molar-refractivity contribution in [3.05, 3.63) is 57.8 Å². The Morgan fingerprint density at radius 2 is 1.80 bits per heavy atom. The van der Waals surface area contributed by atoms with Crippen LogP contribution in [-0.2, 0) is 11.2 Å². The van der Waals surface area contributed by atoms with Crippen LogP contribution in [0.1, 0.15) is 35.3 Å². The number of hydrogen-bond acceptors (Lipinski definition) is 5. The van der Waals surface area contributed by atoms with Crippen molar-refractivity contribution in [2.75, 3.05) is 13.2 Å². The van der Waals surface area contributed by atoms with Crippen molar-refractivity contribution in [3.63, 3.8) is 0 Å². The minimum Gasteiger partial charge on any atom is -0.484 e. The molecular formula is C21H21Cl2N3O4. The molecule has 0 unspecified atom stereocenters. The number of pyridine rings is 1. The zero-order valence-electron chi connectivity index (χ0n) is 16.1. The Morgan fingerprint density at radius 1 is 1.07 bits per heavy atom. The van der Waals surface area contributed by atoms with Gasteiger partial charge in [-0.2, -0.15) is 0 Å². The van der Waals surface area contributed by atoms with E-state index >= 15 is 0 Å². The number of nitrogens with one attached hydrogen (secondary N) is 2. The summed E-state index contributed by atoms with van der Waals surface area (Å²) in [6.45, 7) is -0.105. The zero-order chi connectivity index (χ0) is 21.4. The van der Waals surface area contributed by atoms with Gasteiger partial charge in [0, 0.05) is 29.9 Å². The summed E-state index contributed by atoms with van der Waals surface area (Å²) in [5, 5.41) is 15.9. The van der Waals surface area contributed by atoms with Gasteiger partial charge in [0.25, 0.3) is 11.8 Å². The van der Waals surface area contributed by atoms with E-state index in [4.69, 9.17) is 33.0 Å².